The van der Waals surface area contributed by atoms with Crippen molar-refractivity contribution in [2.24, 2.45) is 0 Å². The standard InChI is InChI=1S/C16H24BrClN2O2/c1-16(2,3)22-15(21)20(4)9-5-8-19-11-12-10-13(18)6-7-14(12)17/h6-7,10,19H,5,8-9,11H2,1-4H3. The molecular weight excluding hydrogens is 368 g/mol. The third kappa shape index (κ3) is 7.47. The first kappa shape index (κ1) is 19.3. The maximum Gasteiger partial charge on any atom is 0.410 e. The van der Waals surface area contributed by atoms with E-state index in [0.29, 0.717) is 6.54 Å². The van der Waals surface area contributed by atoms with Crippen LogP contribution in [0, 0.1) is 0 Å². The second kappa shape index (κ2) is 8.75. The molecule has 0 atom stereocenters. The SMILES string of the molecule is CN(CCCNCc1cc(Cl)ccc1Br)C(=O)OC(C)(C)C. The van der Waals surface area contributed by atoms with Crippen molar-refractivity contribution in [1.82, 2.24) is 10.2 Å². The summed E-state index contributed by atoms with van der Waals surface area (Å²) in [6.07, 6.45) is 0.568. The summed E-state index contributed by atoms with van der Waals surface area (Å²) in [5.74, 6) is 0. The summed E-state index contributed by atoms with van der Waals surface area (Å²) < 4.78 is 6.34. The van der Waals surface area contributed by atoms with Crippen LogP contribution in [-0.4, -0.2) is 36.7 Å². The number of nitrogens with zero attached hydrogens (tertiary/aromatic N) is 1. The molecule has 0 saturated carbocycles. The number of rotatable bonds is 6. The zero-order valence-electron chi connectivity index (χ0n) is 13.6. The number of amides is 1. The monoisotopic (exact) mass is 390 g/mol. The van der Waals surface area contributed by atoms with Crippen molar-refractivity contribution in [3.8, 4) is 0 Å². The van der Waals surface area contributed by atoms with Crippen LogP contribution >= 0.6 is 27.5 Å². The van der Waals surface area contributed by atoms with E-state index in [0.717, 1.165) is 34.6 Å². The average molecular weight is 392 g/mol. The molecule has 22 heavy (non-hydrogen) atoms. The summed E-state index contributed by atoms with van der Waals surface area (Å²) >= 11 is 9.48. The van der Waals surface area contributed by atoms with Gasteiger partial charge >= 0.3 is 6.09 Å². The van der Waals surface area contributed by atoms with Crippen LogP contribution in [0.2, 0.25) is 5.02 Å². The van der Waals surface area contributed by atoms with Gasteiger partial charge in [-0.1, -0.05) is 27.5 Å². The maximum atomic E-state index is 11.8. The molecule has 4 nitrogen and oxygen atoms in total. The smallest absolute Gasteiger partial charge is 0.410 e. The van der Waals surface area contributed by atoms with Crippen molar-refractivity contribution in [3.05, 3.63) is 33.3 Å². The highest BCUT2D eigenvalue weighted by molar-refractivity contribution is 9.10. The first-order valence-electron chi connectivity index (χ1n) is 7.28. The lowest BCUT2D eigenvalue weighted by atomic mass is 10.2. The summed E-state index contributed by atoms with van der Waals surface area (Å²) in [7, 11) is 1.75. The summed E-state index contributed by atoms with van der Waals surface area (Å²) in [6.45, 7) is 7.79. The molecule has 0 aliphatic carbocycles. The van der Waals surface area contributed by atoms with E-state index in [1.54, 1.807) is 11.9 Å². The highest BCUT2D eigenvalue weighted by atomic mass is 79.9. The molecule has 0 aliphatic rings. The Morgan fingerprint density at radius 1 is 1.41 bits per heavy atom. The molecule has 0 radical (unpaired) electrons. The Labute approximate surface area is 146 Å². The van der Waals surface area contributed by atoms with Gasteiger partial charge in [0.2, 0.25) is 0 Å². The lowest BCUT2D eigenvalue weighted by Gasteiger charge is -2.24. The van der Waals surface area contributed by atoms with E-state index in [-0.39, 0.29) is 6.09 Å². The predicted molar refractivity (Wildman–Crippen MR) is 94.3 cm³/mol. The first-order valence-corrected chi connectivity index (χ1v) is 8.45. The van der Waals surface area contributed by atoms with E-state index >= 15 is 0 Å². The third-order valence-corrected chi connectivity index (χ3v) is 3.88. The fourth-order valence-electron chi connectivity index (χ4n) is 1.77. The van der Waals surface area contributed by atoms with E-state index in [1.165, 1.54) is 0 Å². The molecule has 0 spiro atoms. The number of nitrogens with one attached hydrogen (secondary N) is 1. The quantitative estimate of drug-likeness (QED) is 0.728. The van der Waals surface area contributed by atoms with Crippen LogP contribution in [0.3, 0.4) is 0 Å². The van der Waals surface area contributed by atoms with E-state index in [4.69, 9.17) is 16.3 Å². The number of ether oxygens (including phenoxy) is 1. The van der Waals surface area contributed by atoms with Gasteiger partial charge in [0.05, 0.1) is 0 Å². The second-order valence-corrected chi connectivity index (χ2v) is 7.46. The molecule has 1 N–H and O–H groups in total. The Morgan fingerprint density at radius 3 is 2.73 bits per heavy atom. The predicted octanol–water partition coefficient (Wildman–Crippen LogP) is 4.45. The van der Waals surface area contributed by atoms with Gasteiger partial charge < -0.3 is 15.0 Å². The summed E-state index contributed by atoms with van der Waals surface area (Å²) in [5, 5.41) is 4.07. The number of carbonyl (C=O) groups is 1. The van der Waals surface area contributed by atoms with E-state index in [1.807, 2.05) is 39.0 Å². The Kier molecular flexibility index (Phi) is 7.66. The molecule has 1 aromatic rings. The Hall–Kier alpha value is -0.780. The van der Waals surface area contributed by atoms with Gasteiger partial charge in [-0.2, -0.15) is 0 Å². The zero-order valence-corrected chi connectivity index (χ0v) is 15.9. The van der Waals surface area contributed by atoms with Crippen LogP contribution in [0.15, 0.2) is 22.7 Å². The maximum absolute atomic E-state index is 11.8. The molecule has 0 saturated heterocycles. The number of hydrogen-bond acceptors (Lipinski definition) is 3. The molecule has 0 unspecified atom stereocenters. The van der Waals surface area contributed by atoms with E-state index < -0.39 is 5.60 Å². The van der Waals surface area contributed by atoms with Crippen molar-refractivity contribution in [3.63, 3.8) is 0 Å². The van der Waals surface area contributed by atoms with Crippen molar-refractivity contribution < 1.29 is 9.53 Å². The van der Waals surface area contributed by atoms with Crippen molar-refractivity contribution >= 4 is 33.6 Å². The van der Waals surface area contributed by atoms with Crippen LogP contribution in [0.5, 0.6) is 0 Å². The molecule has 0 aromatic heterocycles. The molecule has 0 bridgehead atoms. The number of benzene rings is 1. The summed E-state index contributed by atoms with van der Waals surface area (Å²) in [4.78, 5) is 13.4. The van der Waals surface area contributed by atoms with Gasteiger partial charge in [-0.05, 0) is 57.5 Å². The lowest BCUT2D eigenvalue weighted by molar-refractivity contribution is 0.0297. The fourth-order valence-corrected chi connectivity index (χ4v) is 2.36. The zero-order chi connectivity index (χ0) is 16.8. The highest BCUT2D eigenvalue weighted by Gasteiger charge is 2.18. The summed E-state index contributed by atoms with van der Waals surface area (Å²) in [5.41, 5.74) is 0.663. The van der Waals surface area contributed by atoms with Crippen LogP contribution in [0.1, 0.15) is 32.8 Å². The Balaban J connectivity index is 2.25. The second-order valence-electron chi connectivity index (χ2n) is 6.17. The minimum atomic E-state index is -0.456. The minimum absolute atomic E-state index is 0.287. The van der Waals surface area contributed by atoms with Crippen LogP contribution in [-0.2, 0) is 11.3 Å². The topological polar surface area (TPSA) is 41.6 Å². The van der Waals surface area contributed by atoms with Gasteiger partial charge in [0.15, 0.2) is 0 Å². The van der Waals surface area contributed by atoms with Crippen LogP contribution in [0.25, 0.3) is 0 Å². The Bertz CT molecular complexity index is 503. The van der Waals surface area contributed by atoms with E-state index in [2.05, 4.69) is 21.2 Å². The number of hydrogen-bond donors (Lipinski definition) is 1. The van der Waals surface area contributed by atoms with Gasteiger partial charge in [0, 0.05) is 29.6 Å². The van der Waals surface area contributed by atoms with Crippen molar-refractivity contribution in [2.45, 2.75) is 39.3 Å². The van der Waals surface area contributed by atoms with Crippen molar-refractivity contribution in [2.75, 3.05) is 20.1 Å². The molecule has 0 fully saturated rings. The van der Waals surface area contributed by atoms with Crippen LogP contribution < -0.4 is 5.32 Å². The highest BCUT2D eigenvalue weighted by Crippen LogP contribution is 2.20. The third-order valence-electron chi connectivity index (χ3n) is 2.88. The number of halogens is 2. The Morgan fingerprint density at radius 2 is 2.09 bits per heavy atom. The van der Waals surface area contributed by atoms with E-state index in [9.17, 15) is 4.79 Å². The van der Waals surface area contributed by atoms with Crippen molar-refractivity contribution in [1.29, 1.82) is 0 Å². The lowest BCUT2D eigenvalue weighted by Crippen LogP contribution is -2.35. The number of carbonyl (C=O) groups excluding carboxylic acids is 1. The van der Waals surface area contributed by atoms with Gasteiger partial charge in [-0.15, -0.1) is 0 Å². The molecule has 0 heterocycles. The normalized spacial score (nSPS) is 11.4. The molecule has 1 amide bonds. The fraction of sp³-hybridized carbons (Fsp3) is 0.562. The minimum Gasteiger partial charge on any atom is -0.444 e. The molecule has 1 rings (SSSR count). The molecular formula is C16H24BrClN2O2. The largest absolute Gasteiger partial charge is 0.444 e. The molecule has 6 heteroatoms. The van der Waals surface area contributed by atoms with Gasteiger partial charge in [-0.3, -0.25) is 0 Å². The van der Waals surface area contributed by atoms with Gasteiger partial charge in [-0.25, -0.2) is 4.79 Å². The average Bonchev–Trinajstić information content (AvgIpc) is 2.40. The van der Waals surface area contributed by atoms with Crippen LogP contribution in [0.4, 0.5) is 4.79 Å². The first-order chi connectivity index (χ1) is 10.2. The van der Waals surface area contributed by atoms with Gasteiger partial charge in [0.25, 0.3) is 0 Å². The summed E-state index contributed by atoms with van der Waals surface area (Å²) in [6, 6.07) is 5.73. The molecule has 1 aromatic carbocycles. The molecule has 124 valence electrons. The van der Waals surface area contributed by atoms with Gasteiger partial charge in [0.1, 0.15) is 5.60 Å². The molecule has 0 aliphatic heterocycles.